The molecule has 1 fully saturated rings. The van der Waals surface area contributed by atoms with E-state index in [4.69, 9.17) is 0 Å². The van der Waals surface area contributed by atoms with Crippen molar-refractivity contribution in [2.45, 2.75) is 33.2 Å². The second kappa shape index (κ2) is 5.63. The lowest BCUT2D eigenvalue weighted by molar-refractivity contribution is 0.178. The molecule has 5 heteroatoms. The van der Waals surface area contributed by atoms with E-state index in [1.807, 2.05) is 13.8 Å². The number of aromatic amines is 1. The molecule has 1 aliphatic heterocycles. The summed E-state index contributed by atoms with van der Waals surface area (Å²) < 4.78 is 0. The summed E-state index contributed by atoms with van der Waals surface area (Å²) in [6.07, 6.45) is 0.733. The van der Waals surface area contributed by atoms with E-state index in [2.05, 4.69) is 27.1 Å². The van der Waals surface area contributed by atoms with Gasteiger partial charge in [-0.3, -0.25) is 9.69 Å². The Morgan fingerprint density at radius 2 is 2.06 bits per heavy atom. The van der Waals surface area contributed by atoms with Crippen LogP contribution >= 0.6 is 0 Å². The fourth-order valence-corrected chi connectivity index (χ4v) is 2.49. The van der Waals surface area contributed by atoms with Gasteiger partial charge in [-0.15, -0.1) is 0 Å². The first-order valence-electron chi connectivity index (χ1n) is 6.68. The second-order valence-corrected chi connectivity index (χ2v) is 4.83. The summed E-state index contributed by atoms with van der Waals surface area (Å²) in [6, 6.07) is 0.171. The summed E-state index contributed by atoms with van der Waals surface area (Å²) in [5.74, 6) is 0.789. The molecule has 100 valence electrons. The van der Waals surface area contributed by atoms with Crippen LogP contribution in [0.3, 0.4) is 0 Å². The third kappa shape index (κ3) is 2.62. The third-order valence-corrected chi connectivity index (χ3v) is 3.69. The molecule has 0 radical (unpaired) electrons. The van der Waals surface area contributed by atoms with Gasteiger partial charge >= 0.3 is 0 Å². The molecule has 1 aliphatic rings. The van der Waals surface area contributed by atoms with Crippen molar-refractivity contribution < 1.29 is 0 Å². The van der Waals surface area contributed by atoms with Gasteiger partial charge in [-0.05, 0) is 20.3 Å². The standard InChI is InChI=1S/C13H22N4O/c1-4-11-9(2)15-12(16-13(11)18)10(3)17-7-5-14-6-8-17/h10,14H,4-8H2,1-3H3,(H,15,16,18). The minimum absolute atomic E-state index is 0.0157. The number of piperazine rings is 1. The van der Waals surface area contributed by atoms with Gasteiger partial charge in [0, 0.05) is 37.4 Å². The molecule has 0 spiro atoms. The molecular weight excluding hydrogens is 228 g/mol. The zero-order valence-electron chi connectivity index (χ0n) is 11.4. The maximum Gasteiger partial charge on any atom is 0.254 e. The molecule has 2 N–H and O–H groups in total. The van der Waals surface area contributed by atoms with E-state index in [1.54, 1.807) is 0 Å². The van der Waals surface area contributed by atoms with Crippen LogP contribution < -0.4 is 10.9 Å². The molecule has 18 heavy (non-hydrogen) atoms. The first-order valence-corrected chi connectivity index (χ1v) is 6.68. The average molecular weight is 250 g/mol. The van der Waals surface area contributed by atoms with Crippen LogP contribution in [-0.2, 0) is 6.42 Å². The monoisotopic (exact) mass is 250 g/mol. The van der Waals surface area contributed by atoms with Crippen molar-refractivity contribution >= 4 is 0 Å². The zero-order valence-corrected chi connectivity index (χ0v) is 11.4. The number of nitrogens with one attached hydrogen (secondary N) is 2. The van der Waals surface area contributed by atoms with Crippen LogP contribution in [0.4, 0.5) is 0 Å². The minimum atomic E-state index is 0.0157. The van der Waals surface area contributed by atoms with E-state index >= 15 is 0 Å². The van der Waals surface area contributed by atoms with E-state index in [0.717, 1.165) is 49.7 Å². The van der Waals surface area contributed by atoms with Crippen LogP contribution in [-0.4, -0.2) is 41.0 Å². The van der Waals surface area contributed by atoms with Gasteiger partial charge in [0.1, 0.15) is 5.82 Å². The Morgan fingerprint density at radius 3 is 2.61 bits per heavy atom. The number of aryl methyl sites for hydroxylation is 1. The lowest BCUT2D eigenvalue weighted by Gasteiger charge is -2.32. The predicted molar refractivity (Wildman–Crippen MR) is 71.8 cm³/mol. The average Bonchev–Trinajstić information content (AvgIpc) is 2.38. The Bertz CT molecular complexity index is 463. The molecule has 0 amide bonds. The van der Waals surface area contributed by atoms with E-state index in [-0.39, 0.29) is 11.6 Å². The highest BCUT2D eigenvalue weighted by molar-refractivity contribution is 5.17. The SMILES string of the molecule is CCc1c(C)nc(C(C)N2CCNCC2)[nH]c1=O. The third-order valence-electron chi connectivity index (χ3n) is 3.69. The highest BCUT2D eigenvalue weighted by Gasteiger charge is 2.20. The summed E-state index contributed by atoms with van der Waals surface area (Å²) in [6.45, 7) is 10.0. The van der Waals surface area contributed by atoms with Crippen molar-refractivity contribution in [3.8, 4) is 0 Å². The van der Waals surface area contributed by atoms with Crippen molar-refractivity contribution in [1.82, 2.24) is 20.2 Å². The van der Waals surface area contributed by atoms with Gasteiger partial charge in [-0.1, -0.05) is 6.92 Å². The molecular formula is C13H22N4O. The van der Waals surface area contributed by atoms with Crippen molar-refractivity contribution in [1.29, 1.82) is 0 Å². The summed E-state index contributed by atoms with van der Waals surface area (Å²) in [7, 11) is 0. The van der Waals surface area contributed by atoms with Crippen molar-refractivity contribution in [3.63, 3.8) is 0 Å². The molecule has 0 bridgehead atoms. The van der Waals surface area contributed by atoms with Crippen LogP contribution in [0.25, 0.3) is 0 Å². The van der Waals surface area contributed by atoms with E-state index in [9.17, 15) is 4.79 Å². The molecule has 0 aromatic carbocycles. The fraction of sp³-hybridized carbons (Fsp3) is 0.692. The number of H-pyrrole nitrogens is 1. The topological polar surface area (TPSA) is 61.0 Å². The minimum Gasteiger partial charge on any atom is -0.314 e. The molecule has 1 saturated heterocycles. The molecule has 1 aromatic heterocycles. The van der Waals surface area contributed by atoms with Crippen LogP contribution in [0.2, 0.25) is 0 Å². The van der Waals surface area contributed by atoms with Gasteiger partial charge in [-0.25, -0.2) is 4.98 Å². The van der Waals surface area contributed by atoms with Crippen LogP contribution in [0.5, 0.6) is 0 Å². The smallest absolute Gasteiger partial charge is 0.254 e. The summed E-state index contributed by atoms with van der Waals surface area (Å²) in [5, 5.41) is 3.33. The van der Waals surface area contributed by atoms with Gasteiger partial charge in [0.05, 0.1) is 6.04 Å². The van der Waals surface area contributed by atoms with E-state index in [1.165, 1.54) is 0 Å². The number of hydrogen-bond donors (Lipinski definition) is 2. The quantitative estimate of drug-likeness (QED) is 0.825. The maximum atomic E-state index is 12.0. The van der Waals surface area contributed by atoms with Gasteiger partial charge in [0.15, 0.2) is 0 Å². The largest absolute Gasteiger partial charge is 0.314 e. The van der Waals surface area contributed by atoms with Crippen LogP contribution in [0, 0.1) is 6.92 Å². The first kappa shape index (κ1) is 13.2. The zero-order chi connectivity index (χ0) is 13.1. The maximum absolute atomic E-state index is 12.0. The summed E-state index contributed by atoms with van der Waals surface area (Å²) in [5.41, 5.74) is 1.67. The number of nitrogens with zero attached hydrogens (tertiary/aromatic N) is 2. The van der Waals surface area contributed by atoms with Gasteiger partial charge in [0.25, 0.3) is 5.56 Å². The normalized spacial score (nSPS) is 18.8. The molecule has 2 heterocycles. The second-order valence-electron chi connectivity index (χ2n) is 4.83. The predicted octanol–water partition coefficient (Wildman–Crippen LogP) is 0.607. The highest BCUT2D eigenvalue weighted by Crippen LogP contribution is 2.16. The molecule has 5 nitrogen and oxygen atoms in total. The Labute approximate surface area is 108 Å². The van der Waals surface area contributed by atoms with Crippen molar-refractivity contribution in [3.05, 3.63) is 27.4 Å². The lowest BCUT2D eigenvalue weighted by Crippen LogP contribution is -2.45. The number of aromatic nitrogens is 2. The van der Waals surface area contributed by atoms with Crippen LogP contribution in [0.15, 0.2) is 4.79 Å². The molecule has 0 saturated carbocycles. The molecule has 1 unspecified atom stereocenters. The first-order chi connectivity index (χ1) is 8.63. The van der Waals surface area contributed by atoms with Gasteiger partial charge in [0.2, 0.25) is 0 Å². The summed E-state index contributed by atoms with van der Waals surface area (Å²) in [4.78, 5) is 21.8. The fourth-order valence-electron chi connectivity index (χ4n) is 2.49. The molecule has 1 atom stereocenters. The Kier molecular flexibility index (Phi) is 4.14. The molecule has 1 aromatic rings. The number of rotatable bonds is 3. The van der Waals surface area contributed by atoms with E-state index < -0.39 is 0 Å². The lowest BCUT2D eigenvalue weighted by atomic mass is 10.1. The number of hydrogen-bond acceptors (Lipinski definition) is 4. The van der Waals surface area contributed by atoms with Gasteiger partial charge in [-0.2, -0.15) is 0 Å². The molecule has 2 rings (SSSR count). The highest BCUT2D eigenvalue weighted by atomic mass is 16.1. The van der Waals surface area contributed by atoms with Crippen LogP contribution in [0.1, 0.15) is 37.0 Å². The van der Waals surface area contributed by atoms with E-state index in [0.29, 0.717) is 0 Å². The Balaban J connectivity index is 2.25. The van der Waals surface area contributed by atoms with Gasteiger partial charge < -0.3 is 10.3 Å². The Hall–Kier alpha value is -1.20. The Morgan fingerprint density at radius 1 is 1.39 bits per heavy atom. The molecule has 0 aliphatic carbocycles. The summed E-state index contributed by atoms with van der Waals surface area (Å²) >= 11 is 0. The van der Waals surface area contributed by atoms with Crippen molar-refractivity contribution in [2.75, 3.05) is 26.2 Å². The van der Waals surface area contributed by atoms with Crippen molar-refractivity contribution in [2.24, 2.45) is 0 Å².